The number of aromatic nitrogens is 3. The van der Waals surface area contributed by atoms with Gasteiger partial charge in [-0.15, -0.1) is 11.3 Å². The van der Waals surface area contributed by atoms with Gasteiger partial charge in [0.15, 0.2) is 0 Å². The van der Waals surface area contributed by atoms with Crippen LogP contribution in [0.3, 0.4) is 0 Å². The highest BCUT2D eigenvalue weighted by molar-refractivity contribution is 7.21. The Bertz CT molecular complexity index is 1240. The second-order valence-electron chi connectivity index (χ2n) is 6.94. The molecule has 5 rings (SSSR count). The summed E-state index contributed by atoms with van der Waals surface area (Å²) in [6, 6.07) is 26.0. The average molecular weight is 424 g/mol. The molecule has 1 N–H and O–H groups in total. The zero-order chi connectivity index (χ0) is 20.9. The van der Waals surface area contributed by atoms with Gasteiger partial charge < -0.3 is 10.1 Å². The van der Waals surface area contributed by atoms with Gasteiger partial charge in [-0.3, -0.25) is 0 Å². The van der Waals surface area contributed by atoms with Crippen molar-refractivity contribution in [3.63, 3.8) is 0 Å². The van der Waals surface area contributed by atoms with Gasteiger partial charge in [0.1, 0.15) is 22.7 Å². The van der Waals surface area contributed by atoms with Crippen molar-refractivity contribution in [3.8, 4) is 22.1 Å². The third-order valence-corrected chi connectivity index (χ3v) is 5.79. The standard InChI is InChI=1S/C25H19N4OS/c1-2-6-20(7-3-1)30-21-12-10-18(11-13-21)14-15-26-25-27-16-19(17-28-25)24-29-22-8-4-5-9-23(22)31-24/h1-13,16H,14-15H2,(H,26,27,28). The van der Waals surface area contributed by atoms with Crippen molar-refractivity contribution in [1.29, 1.82) is 0 Å². The molecule has 151 valence electrons. The maximum absolute atomic E-state index is 5.83. The van der Waals surface area contributed by atoms with Gasteiger partial charge in [0.2, 0.25) is 5.95 Å². The van der Waals surface area contributed by atoms with E-state index in [2.05, 4.69) is 44.7 Å². The first-order valence-corrected chi connectivity index (χ1v) is 10.8. The first-order valence-electron chi connectivity index (χ1n) is 10.00. The highest BCUT2D eigenvalue weighted by Crippen LogP contribution is 2.29. The highest BCUT2D eigenvalue weighted by atomic mass is 32.1. The molecule has 0 aliphatic rings. The maximum Gasteiger partial charge on any atom is 0.223 e. The molecule has 0 atom stereocenters. The van der Waals surface area contributed by atoms with Crippen molar-refractivity contribution in [2.75, 3.05) is 11.9 Å². The molecule has 1 radical (unpaired) electrons. The molecule has 2 heterocycles. The monoisotopic (exact) mass is 423 g/mol. The van der Waals surface area contributed by atoms with Crippen molar-refractivity contribution in [1.82, 2.24) is 15.0 Å². The molecule has 5 nitrogen and oxygen atoms in total. The predicted molar refractivity (Wildman–Crippen MR) is 125 cm³/mol. The Hall–Kier alpha value is -3.77. The van der Waals surface area contributed by atoms with E-state index >= 15 is 0 Å². The summed E-state index contributed by atoms with van der Waals surface area (Å²) in [5.74, 6) is 2.22. The lowest BCUT2D eigenvalue weighted by atomic mass is 10.1. The van der Waals surface area contributed by atoms with Gasteiger partial charge in [-0.05, 0) is 48.4 Å². The van der Waals surface area contributed by atoms with Gasteiger partial charge in [0.25, 0.3) is 0 Å². The summed E-state index contributed by atoms with van der Waals surface area (Å²) < 4.78 is 6.98. The molecule has 0 amide bonds. The number of thiazole rings is 1. The molecular formula is C25H19N4OS. The molecule has 0 saturated carbocycles. The van der Waals surface area contributed by atoms with Gasteiger partial charge in [-0.1, -0.05) is 42.5 Å². The number of anilines is 1. The number of benzene rings is 3. The molecule has 0 fully saturated rings. The summed E-state index contributed by atoms with van der Waals surface area (Å²) in [6.07, 6.45) is 5.67. The van der Waals surface area contributed by atoms with E-state index in [-0.39, 0.29) is 0 Å². The van der Waals surface area contributed by atoms with E-state index in [0.29, 0.717) is 5.95 Å². The van der Waals surface area contributed by atoms with Crippen molar-refractivity contribution >= 4 is 27.5 Å². The van der Waals surface area contributed by atoms with Gasteiger partial charge in [-0.25, -0.2) is 15.0 Å². The number of rotatable bonds is 7. The Labute approximate surface area is 184 Å². The van der Waals surface area contributed by atoms with E-state index in [1.54, 1.807) is 17.5 Å². The van der Waals surface area contributed by atoms with E-state index in [9.17, 15) is 0 Å². The number of ether oxygens (including phenoxy) is 1. The summed E-state index contributed by atoms with van der Waals surface area (Å²) >= 11 is 1.62. The van der Waals surface area contributed by atoms with Crippen molar-refractivity contribution < 1.29 is 4.74 Å². The largest absolute Gasteiger partial charge is 0.457 e. The first kappa shape index (κ1) is 19.2. The topological polar surface area (TPSA) is 59.9 Å². The molecule has 2 aromatic heterocycles. The van der Waals surface area contributed by atoms with Crippen LogP contribution in [0.1, 0.15) is 5.56 Å². The smallest absolute Gasteiger partial charge is 0.223 e. The summed E-state index contributed by atoms with van der Waals surface area (Å²) in [4.78, 5) is 13.4. The number of hydrogen-bond donors (Lipinski definition) is 1. The van der Waals surface area contributed by atoms with Crippen LogP contribution in [0.4, 0.5) is 5.95 Å². The van der Waals surface area contributed by atoms with Gasteiger partial charge >= 0.3 is 0 Å². The number of nitrogens with one attached hydrogen (secondary N) is 1. The molecule has 0 bridgehead atoms. The molecule has 5 aromatic rings. The van der Waals surface area contributed by atoms with E-state index in [0.717, 1.165) is 45.3 Å². The maximum atomic E-state index is 5.83. The van der Waals surface area contributed by atoms with Crippen LogP contribution in [0.2, 0.25) is 0 Å². The normalized spacial score (nSPS) is 10.8. The fourth-order valence-electron chi connectivity index (χ4n) is 3.14. The molecule has 0 spiro atoms. The Morgan fingerprint density at radius 2 is 1.65 bits per heavy atom. The minimum atomic E-state index is 0.564. The van der Waals surface area contributed by atoms with Gasteiger partial charge in [-0.2, -0.15) is 0 Å². The second-order valence-corrected chi connectivity index (χ2v) is 7.97. The van der Waals surface area contributed by atoms with Crippen LogP contribution in [0.25, 0.3) is 20.8 Å². The van der Waals surface area contributed by atoms with Crippen molar-refractivity contribution in [2.24, 2.45) is 0 Å². The fourth-order valence-corrected chi connectivity index (χ4v) is 4.07. The molecule has 0 unspecified atom stereocenters. The molecule has 0 aliphatic carbocycles. The molecule has 0 saturated heterocycles. The van der Waals surface area contributed by atoms with Crippen LogP contribution < -0.4 is 10.1 Å². The summed E-state index contributed by atoms with van der Waals surface area (Å²) in [5, 5.41) is 4.13. The molecule has 31 heavy (non-hydrogen) atoms. The molecular weight excluding hydrogens is 404 g/mol. The average Bonchev–Trinajstić information content (AvgIpc) is 3.26. The van der Waals surface area contributed by atoms with Crippen LogP contribution in [-0.4, -0.2) is 21.5 Å². The van der Waals surface area contributed by atoms with E-state index in [1.807, 2.05) is 60.7 Å². The van der Waals surface area contributed by atoms with Crippen molar-refractivity contribution in [3.05, 3.63) is 96.8 Å². The van der Waals surface area contributed by atoms with Crippen LogP contribution in [-0.2, 0) is 6.42 Å². The zero-order valence-electron chi connectivity index (χ0n) is 16.7. The van der Waals surface area contributed by atoms with E-state index < -0.39 is 0 Å². The minimum absolute atomic E-state index is 0.564. The van der Waals surface area contributed by atoms with Crippen LogP contribution in [0.15, 0.2) is 85.1 Å². The Morgan fingerprint density at radius 3 is 2.42 bits per heavy atom. The predicted octanol–water partition coefficient (Wildman–Crippen LogP) is 6.00. The highest BCUT2D eigenvalue weighted by Gasteiger charge is 2.07. The zero-order valence-corrected chi connectivity index (χ0v) is 17.5. The molecule has 6 heteroatoms. The lowest BCUT2D eigenvalue weighted by Crippen LogP contribution is -2.07. The fraction of sp³-hybridized carbons (Fsp3) is 0.0800. The Balaban J connectivity index is 1.15. The van der Waals surface area contributed by atoms with Crippen LogP contribution in [0.5, 0.6) is 11.5 Å². The first-order chi connectivity index (χ1) is 15.3. The second kappa shape index (κ2) is 8.93. The lowest BCUT2D eigenvalue weighted by molar-refractivity contribution is 0.482. The number of para-hydroxylation sites is 2. The minimum Gasteiger partial charge on any atom is -0.457 e. The Kier molecular flexibility index (Phi) is 5.54. The molecule has 3 aromatic carbocycles. The Morgan fingerprint density at radius 1 is 0.871 bits per heavy atom. The number of fused-ring (bicyclic) bond motifs is 1. The number of hydrogen-bond acceptors (Lipinski definition) is 6. The lowest BCUT2D eigenvalue weighted by Gasteiger charge is -2.07. The summed E-state index contributed by atoms with van der Waals surface area (Å²) in [6.45, 7) is 0.729. The van der Waals surface area contributed by atoms with Gasteiger partial charge in [0, 0.05) is 12.7 Å². The summed E-state index contributed by atoms with van der Waals surface area (Å²) in [7, 11) is 0. The number of nitrogens with zero attached hydrogens (tertiary/aromatic N) is 3. The third kappa shape index (κ3) is 4.70. The van der Waals surface area contributed by atoms with Crippen LogP contribution in [0, 0.1) is 6.20 Å². The summed E-state index contributed by atoms with van der Waals surface area (Å²) in [5.41, 5.74) is 3.00. The SMILES string of the molecule is [c]1nc(NCCc2ccc(Oc3ccccc3)cc2)ncc1-c1nc2ccccc2s1. The van der Waals surface area contributed by atoms with Gasteiger partial charge in [0.05, 0.1) is 15.8 Å². The van der Waals surface area contributed by atoms with E-state index in [4.69, 9.17) is 4.74 Å². The van der Waals surface area contributed by atoms with Crippen LogP contribution >= 0.6 is 11.3 Å². The third-order valence-electron chi connectivity index (χ3n) is 4.72. The molecule has 0 aliphatic heterocycles. The van der Waals surface area contributed by atoms with E-state index in [1.165, 1.54) is 5.56 Å². The van der Waals surface area contributed by atoms with Crippen molar-refractivity contribution in [2.45, 2.75) is 6.42 Å². The quantitative estimate of drug-likeness (QED) is 0.348.